The van der Waals surface area contributed by atoms with Crippen LogP contribution in [0.15, 0.2) is 23.2 Å². The fraction of sp³-hybridized carbons (Fsp3) is 0.708. The number of halogens is 1. The summed E-state index contributed by atoms with van der Waals surface area (Å²) in [4.78, 5) is 7.42. The van der Waals surface area contributed by atoms with Crippen molar-refractivity contribution < 1.29 is 9.47 Å². The van der Waals surface area contributed by atoms with E-state index in [1.807, 2.05) is 12.1 Å². The molecule has 0 radical (unpaired) electrons. The average Bonchev–Trinajstić information content (AvgIpc) is 3.43. The van der Waals surface area contributed by atoms with Gasteiger partial charge in [-0.15, -0.1) is 24.0 Å². The summed E-state index contributed by atoms with van der Waals surface area (Å²) < 4.78 is 11.9. The van der Waals surface area contributed by atoms with Gasteiger partial charge >= 0.3 is 0 Å². The Morgan fingerprint density at radius 2 is 1.97 bits per heavy atom. The lowest BCUT2D eigenvalue weighted by molar-refractivity contribution is 0.198. The molecule has 0 bridgehead atoms. The molecule has 1 saturated carbocycles. The molecule has 1 saturated heterocycles. The molecule has 0 amide bonds. The van der Waals surface area contributed by atoms with Crippen LogP contribution in [0.25, 0.3) is 0 Å². The zero-order valence-corrected chi connectivity index (χ0v) is 21.8. The van der Waals surface area contributed by atoms with Crippen LogP contribution in [0.5, 0.6) is 11.5 Å². The number of ether oxygens (including phenoxy) is 2. The lowest BCUT2D eigenvalue weighted by Crippen LogP contribution is -2.40. The zero-order chi connectivity index (χ0) is 21.2. The Hall–Kier alpha value is -1.22. The molecule has 7 heteroatoms. The molecule has 0 aromatic heterocycles. The molecule has 1 aromatic carbocycles. The van der Waals surface area contributed by atoms with Gasteiger partial charge in [-0.25, -0.2) is 4.99 Å². The van der Waals surface area contributed by atoms with E-state index in [1.54, 1.807) is 7.11 Å². The minimum absolute atomic E-state index is 0. The fourth-order valence-electron chi connectivity index (χ4n) is 4.50. The second kappa shape index (κ2) is 14.0. The maximum Gasteiger partial charge on any atom is 0.191 e. The Balaban J connectivity index is 0.00000341. The molecule has 31 heavy (non-hydrogen) atoms. The highest BCUT2D eigenvalue weighted by molar-refractivity contribution is 14.0. The molecule has 0 spiro atoms. The highest BCUT2D eigenvalue weighted by atomic mass is 127. The molecule has 1 unspecified atom stereocenters. The van der Waals surface area contributed by atoms with Gasteiger partial charge < -0.3 is 25.0 Å². The molecule has 1 atom stereocenters. The molecular weight excluding hydrogens is 503 g/mol. The van der Waals surface area contributed by atoms with Crippen molar-refractivity contribution in [2.24, 2.45) is 10.9 Å². The summed E-state index contributed by atoms with van der Waals surface area (Å²) in [5.41, 5.74) is 1.08. The SMILES string of the molecule is CCCN1CCC(CNC(=NCc2cccc(OC)c2OC2CCCC2)NCC)C1.I. The molecule has 1 aliphatic carbocycles. The summed E-state index contributed by atoms with van der Waals surface area (Å²) >= 11 is 0. The zero-order valence-electron chi connectivity index (χ0n) is 19.5. The van der Waals surface area contributed by atoms with Gasteiger partial charge in [0.1, 0.15) is 0 Å². The predicted molar refractivity (Wildman–Crippen MR) is 139 cm³/mol. The van der Waals surface area contributed by atoms with E-state index < -0.39 is 0 Å². The maximum absolute atomic E-state index is 6.36. The van der Waals surface area contributed by atoms with Crippen LogP contribution in [0.3, 0.4) is 0 Å². The van der Waals surface area contributed by atoms with Gasteiger partial charge in [-0.2, -0.15) is 0 Å². The minimum Gasteiger partial charge on any atom is -0.493 e. The van der Waals surface area contributed by atoms with Crippen molar-refractivity contribution in [1.29, 1.82) is 0 Å². The Labute approximate surface area is 205 Å². The number of aliphatic imine (C=N–C) groups is 1. The first-order chi connectivity index (χ1) is 14.7. The first-order valence-electron chi connectivity index (χ1n) is 11.8. The summed E-state index contributed by atoms with van der Waals surface area (Å²) in [6.45, 7) is 10.4. The smallest absolute Gasteiger partial charge is 0.191 e. The van der Waals surface area contributed by atoms with E-state index >= 15 is 0 Å². The van der Waals surface area contributed by atoms with Gasteiger partial charge in [0.2, 0.25) is 0 Å². The van der Waals surface area contributed by atoms with Crippen molar-refractivity contribution in [3.8, 4) is 11.5 Å². The number of rotatable bonds is 10. The number of methoxy groups -OCH3 is 1. The molecule has 3 rings (SSSR count). The van der Waals surface area contributed by atoms with Crippen molar-refractivity contribution in [1.82, 2.24) is 15.5 Å². The summed E-state index contributed by atoms with van der Waals surface area (Å²) in [6.07, 6.45) is 7.54. The van der Waals surface area contributed by atoms with E-state index in [4.69, 9.17) is 14.5 Å². The van der Waals surface area contributed by atoms with Gasteiger partial charge in [0, 0.05) is 25.2 Å². The van der Waals surface area contributed by atoms with Gasteiger partial charge in [-0.1, -0.05) is 19.1 Å². The minimum atomic E-state index is 0. The Morgan fingerprint density at radius 1 is 1.16 bits per heavy atom. The van der Waals surface area contributed by atoms with E-state index in [0.29, 0.717) is 18.6 Å². The van der Waals surface area contributed by atoms with E-state index in [0.717, 1.165) is 49.0 Å². The number of likely N-dealkylation sites (tertiary alicyclic amines) is 1. The topological polar surface area (TPSA) is 58.1 Å². The molecule has 1 aliphatic heterocycles. The number of guanidine groups is 1. The van der Waals surface area contributed by atoms with Crippen molar-refractivity contribution in [2.45, 2.75) is 65.0 Å². The summed E-state index contributed by atoms with van der Waals surface area (Å²) in [7, 11) is 1.71. The normalized spacial score (nSPS) is 19.8. The van der Waals surface area contributed by atoms with E-state index in [1.165, 1.54) is 45.3 Å². The van der Waals surface area contributed by atoms with Gasteiger partial charge in [0.05, 0.1) is 19.8 Å². The number of benzene rings is 1. The van der Waals surface area contributed by atoms with Crippen LogP contribution in [-0.4, -0.2) is 56.8 Å². The third-order valence-electron chi connectivity index (χ3n) is 6.09. The molecule has 2 N–H and O–H groups in total. The van der Waals surface area contributed by atoms with Crippen molar-refractivity contribution in [2.75, 3.05) is 39.8 Å². The Kier molecular flexibility index (Phi) is 11.8. The monoisotopic (exact) mass is 544 g/mol. The van der Waals surface area contributed by atoms with E-state index in [9.17, 15) is 0 Å². The van der Waals surface area contributed by atoms with Crippen molar-refractivity contribution in [3.05, 3.63) is 23.8 Å². The van der Waals surface area contributed by atoms with Gasteiger partial charge in [0.25, 0.3) is 0 Å². The molecule has 6 nitrogen and oxygen atoms in total. The lowest BCUT2D eigenvalue weighted by atomic mass is 10.1. The van der Waals surface area contributed by atoms with Gasteiger partial charge in [0.15, 0.2) is 17.5 Å². The second-order valence-electron chi connectivity index (χ2n) is 8.50. The Morgan fingerprint density at radius 3 is 2.68 bits per heavy atom. The fourth-order valence-corrected chi connectivity index (χ4v) is 4.50. The third-order valence-corrected chi connectivity index (χ3v) is 6.09. The van der Waals surface area contributed by atoms with Crippen LogP contribution in [-0.2, 0) is 6.54 Å². The van der Waals surface area contributed by atoms with Crippen LogP contribution in [0.1, 0.15) is 57.9 Å². The number of nitrogens with one attached hydrogen (secondary N) is 2. The first kappa shape index (κ1) is 26.0. The molecule has 1 heterocycles. The second-order valence-corrected chi connectivity index (χ2v) is 8.50. The van der Waals surface area contributed by atoms with E-state index in [2.05, 4.69) is 35.4 Å². The van der Waals surface area contributed by atoms with Crippen LogP contribution in [0, 0.1) is 5.92 Å². The molecule has 176 valence electrons. The molecule has 2 fully saturated rings. The average molecular weight is 545 g/mol. The van der Waals surface area contributed by atoms with Crippen molar-refractivity contribution >= 4 is 29.9 Å². The van der Waals surface area contributed by atoms with E-state index in [-0.39, 0.29) is 24.0 Å². The third kappa shape index (κ3) is 8.00. The summed E-state index contributed by atoms with van der Waals surface area (Å²) in [5, 5.41) is 6.94. The van der Waals surface area contributed by atoms with Crippen molar-refractivity contribution in [3.63, 3.8) is 0 Å². The largest absolute Gasteiger partial charge is 0.493 e. The lowest BCUT2D eigenvalue weighted by Gasteiger charge is -2.19. The van der Waals surface area contributed by atoms with Crippen LogP contribution in [0.4, 0.5) is 0 Å². The highest BCUT2D eigenvalue weighted by Gasteiger charge is 2.22. The molecular formula is C24H41IN4O2. The Bertz CT molecular complexity index is 680. The van der Waals surface area contributed by atoms with Gasteiger partial charge in [-0.05, 0) is 70.5 Å². The predicted octanol–water partition coefficient (Wildman–Crippen LogP) is 4.42. The summed E-state index contributed by atoms with van der Waals surface area (Å²) in [5.74, 6) is 3.23. The molecule has 1 aromatic rings. The molecule has 2 aliphatic rings. The summed E-state index contributed by atoms with van der Waals surface area (Å²) in [6, 6.07) is 6.09. The number of hydrogen-bond acceptors (Lipinski definition) is 4. The van der Waals surface area contributed by atoms with Gasteiger partial charge in [-0.3, -0.25) is 0 Å². The number of para-hydroxylation sites is 1. The maximum atomic E-state index is 6.36. The number of nitrogens with zero attached hydrogens (tertiary/aromatic N) is 2. The highest BCUT2D eigenvalue weighted by Crippen LogP contribution is 2.35. The standard InChI is InChI=1S/C24H40N4O2.HI/c1-4-14-28-15-13-19(18-28)16-26-24(25-5-2)27-17-20-9-8-12-22(29-3)23(20)30-21-10-6-7-11-21;/h8-9,12,19,21H,4-7,10-11,13-18H2,1-3H3,(H2,25,26,27);1H. The number of hydrogen-bond donors (Lipinski definition) is 2. The van der Waals surface area contributed by atoms with Crippen LogP contribution < -0.4 is 20.1 Å². The first-order valence-corrected chi connectivity index (χ1v) is 11.8. The van der Waals surface area contributed by atoms with Crippen LogP contribution >= 0.6 is 24.0 Å². The quantitative estimate of drug-likeness (QED) is 0.260. The van der Waals surface area contributed by atoms with Crippen LogP contribution in [0.2, 0.25) is 0 Å².